The Hall–Kier alpha value is -0.810. The van der Waals surface area contributed by atoms with Gasteiger partial charge in [0.1, 0.15) is 0 Å². The summed E-state index contributed by atoms with van der Waals surface area (Å²) in [5.41, 5.74) is 5.37. The van der Waals surface area contributed by atoms with Crippen molar-refractivity contribution in [2.24, 2.45) is 17.1 Å². The molecule has 0 saturated heterocycles. The van der Waals surface area contributed by atoms with E-state index in [1.807, 2.05) is 0 Å². The maximum atomic E-state index is 11.8. The van der Waals surface area contributed by atoms with Gasteiger partial charge in [-0.25, -0.2) is 0 Å². The largest absolute Gasteiger partial charge is 0.352 e. The van der Waals surface area contributed by atoms with Gasteiger partial charge >= 0.3 is 0 Å². The summed E-state index contributed by atoms with van der Waals surface area (Å²) in [7, 11) is 0. The van der Waals surface area contributed by atoms with Crippen LogP contribution in [0.4, 0.5) is 0 Å². The fraction of sp³-hybridized carbons (Fsp3) is 0.857. The molecule has 4 N–H and O–H groups in total. The second-order valence-corrected chi connectivity index (χ2v) is 6.41. The van der Waals surface area contributed by atoms with E-state index in [9.17, 15) is 9.59 Å². The van der Waals surface area contributed by atoms with Gasteiger partial charge in [0, 0.05) is 6.04 Å². The summed E-state index contributed by atoms with van der Waals surface area (Å²) < 4.78 is 0. The third kappa shape index (κ3) is 6.09. The van der Waals surface area contributed by atoms with E-state index in [1.165, 1.54) is 6.42 Å². The van der Waals surface area contributed by atoms with Crippen LogP contribution in [-0.4, -0.2) is 30.9 Å². The van der Waals surface area contributed by atoms with E-state index in [1.54, 1.807) is 0 Å². The van der Waals surface area contributed by atoms with Crippen molar-refractivity contribution in [1.29, 1.82) is 0 Å². The smallest absolute Gasteiger partial charge is 0.239 e. The third-order valence-electron chi connectivity index (χ3n) is 3.86. The van der Waals surface area contributed by atoms with Gasteiger partial charge in [0.2, 0.25) is 11.8 Å². The highest BCUT2D eigenvalue weighted by molar-refractivity contribution is 5.85. The fourth-order valence-electron chi connectivity index (χ4n) is 2.85. The van der Waals surface area contributed by atoms with Crippen molar-refractivity contribution in [3.05, 3.63) is 0 Å². The monoisotopic (exact) mass is 305 g/mol. The minimum Gasteiger partial charge on any atom is -0.352 e. The average molecular weight is 306 g/mol. The molecule has 1 saturated carbocycles. The molecule has 0 bridgehead atoms. The van der Waals surface area contributed by atoms with E-state index in [-0.39, 0.29) is 48.8 Å². The zero-order valence-corrected chi connectivity index (χ0v) is 13.5. The van der Waals surface area contributed by atoms with Crippen LogP contribution in [0, 0.1) is 11.3 Å². The Morgan fingerprint density at radius 3 is 2.30 bits per heavy atom. The molecule has 1 fully saturated rings. The molecule has 118 valence electrons. The molecule has 0 aliphatic heterocycles. The Balaban J connectivity index is 0.00000361. The van der Waals surface area contributed by atoms with Crippen molar-refractivity contribution in [2.75, 3.05) is 13.1 Å². The van der Waals surface area contributed by atoms with Gasteiger partial charge in [0.25, 0.3) is 0 Å². The zero-order chi connectivity index (χ0) is 14.5. The molecule has 1 rings (SSSR count). The lowest BCUT2D eigenvalue weighted by Crippen LogP contribution is -2.49. The average Bonchev–Trinajstić information content (AvgIpc) is 2.35. The minimum absolute atomic E-state index is 0. The first-order valence-corrected chi connectivity index (χ1v) is 7.10. The van der Waals surface area contributed by atoms with Gasteiger partial charge in [-0.3, -0.25) is 9.59 Å². The molecule has 0 heterocycles. The second-order valence-electron chi connectivity index (χ2n) is 6.41. The van der Waals surface area contributed by atoms with Gasteiger partial charge in [0.15, 0.2) is 0 Å². The fourth-order valence-corrected chi connectivity index (χ4v) is 2.85. The number of halogens is 1. The van der Waals surface area contributed by atoms with Crippen molar-refractivity contribution in [3.63, 3.8) is 0 Å². The van der Waals surface area contributed by atoms with Gasteiger partial charge in [0.05, 0.1) is 13.1 Å². The zero-order valence-electron chi connectivity index (χ0n) is 12.7. The molecule has 0 aromatic heterocycles. The summed E-state index contributed by atoms with van der Waals surface area (Å²) in [6, 6.07) is 0.219. The van der Waals surface area contributed by atoms with Crippen molar-refractivity contribution in [1.82, 2.24) is 10.6 Å². The molecular formula is C14H28ClN3O2. The predicted molar refractivity (Wildman–Crippen MR) is 82.7 cm³/mol. The van der Waals surface area contributed by atoms with E-state index in [4.69, 9.17) is 5.73 Å². The summed E-state index contributed by atoms with van der Waals surface area (Å²) in [5, 5.41) is 5.56. The van der Waals surface area contributed by atoms with Crippen LogP contribution in [0.3, 0.4) is 0 Å². The molecule has 6 heteroatoms. The van der Waals surface area contributed by atoms with E-state index >= 15 is 0 Å². The molecule has 0 aromatic carbocycles. The highest BCUT2D eigenvalue weighted by Crippen LogP contribution is 2.37. The van der Waals surface area contributed by atoms with Crippen LogP contribution >= 0.6 is 12.4 Å². The van der Waals surface area contributed by atoms with Crippen LogP contribution in [0.2, 0.25) is 0 Å². The Bertz CT molecular complexity index is 329. The van der Waals surface area contributed by atoms with Crippen LogP contribution in [0.15, 0.2) is 0 Å². The first-order chi connectivity index (χ1) is 8.84. The van der Waals surface area contributed by atoms with Crippen molar-refractivity contribution in [3.8, 4) is 0 Å². The van der Waals surface area contributed by atoms with Gasteiger partial charge in [-0.05, 0) is 24.2 Å². The number of hydrogen-bond donors (Lipinski definition) is 3. The second kappa shape index (κ2) is 8.47. The molecular weight excluding hydrogens is 278 g/mol. The number of carbonyl (C=O) groups is 2. The molecule has 0 aromatic rings. The third-order valence-corrected chi connectivity index (χ3v) is 3.86. The first kappa shape index (κ1) is 19.2. The molecule has 0 radical (unpaired) electrons. The summed E-state index contributed by atoms with van der Waals surface area (Å²) in [4.78, 5) is 22.9. The molecule has 1 aliphatic rings. The van der Waals surface area contributed by atoms with E-state index in [0.717, 1.165) is 19.3 Å². The van der Waals surface area contributed by atoms with Gasteiger partial charge in [-0.1, -0.05) is 33.6 Å². The Morgan fingerprint density at radius 1 is 1.15 bits per heavy atom. The summed E-state index contributed by atoms with van der Waals surface area (Å²) in [5.74, 6) is 0.0736. The Kier molecular flexibility index (Phi) is 8.13. The predicted octanol–water partition coefficient (Wildman–Crippen LogP) is 1.20. The lowest BCUT2D eigenvalue weighted by molar-refractivity contribution is -0.126. The number of amides is 2. The van der Waals surface area contributed by atoms with Crippen LogP contribution in [0.1, 0.15) is 46.5 Å². The quantitative estimate of drug-likeness (QED) is 0.730. The summed E-state index contributed by atoms with van der Waals surface area (Å²) in [6.45, 7) is 6.60. The molecule has 1 aliphatic carbocycles. The molecule has 2 unspecified atom stereocenters. The van der Waals surface area contributed by atoms with E-state index < -0.39 is 0 Å². The van der Waals surface area contributed by atoms with Crippen LogP contribution in [0.5, 0.6) is 0 Å². The maximum Gasteiger partial charge on any atom is 0.239 e. The number of nitrogens with two attached hydrogens (primary N) is 1. The maximum absolute atomic E-state index is 11.8. The molecule has 5 nitrogen and oxygen atoms in total. The highest BCUT2D eigenvalue weighted by atomic mass is 35.5. The normalized spacial score (nSPS) is 22.6. The lowest BCUT2D eigenvalue weighted by atomic mass is 9.69. The van der Waals surface area contributed by atoms with Gasteiger partial charge in [-0.2, -0.15) is 0 Å². The van der Waals surface area contributed by atoms with Gasteiger partial charge in [-0.15, -0.1) is 12.4 Å². The van der Waals surface area contributed by atoms with Crippen LogP contribution < -0.4 is 16.4 Å². The number of carbonyl (C=O) groups excluding carboxylic acids is 2. The van der Waals surface area contributed by atoms with Crippen LogP contribution in [0.25, 0.3) is 0 Å². The highest BCUT2D eigenvalue weighted by Gasteiger charge is 2.34. The first-order valence-electron chi connectivity index (χ1n) is 7.10. The number of nitrogens with one attached hydrogen (secondary N) is 2. The topological polar surface area (TPSA) is 84.2 Å². The summed E-state index contributed by atoms with van der Waals surface area (Å²) >= 11 is 0. The summed E-state index contributed by atoms with van der Waals surface area (Å²) in [6.07, 6.45) is 4.58. The standard InChI is InChI=1S/C14H27N3O2.ClH/c1-14(2,3)10-6-4-5-7-11(10)17-13(19)9-16-12(18)8-15;/h10-11H,4-9,15H2,1-3H3,(H,16,18)(H,17,19);1H. The lowest BCUT2D eigenvalue weighted by Gasteiger charge is -2.40. The Morgan fingerprint density at radius 2 is 1.75 bits per heavy atom. The van der Waals surface area contributed by atoms with Crippen LogP contribution in [-0.2, 0) is 9.59 Å². The van der Waals surface area contributed by atoms with E-state index in [2.05, 4.69) is 31.4 Å². The van der Waals surface area contributed by atoms with Crippen molar-refractivity contribution < 1.29 is 9.59 Å². The molecule has 0 spiro atoms. The molecule has 20 heavy (non-hydrogen) atoms. The number of rotatable bonds is 4. The molecule has 2 atom stereocenters. The number of hydrogen-bond acceptors (Lipinski definition) is 3. The SMILES string of the molecule is CC(C)(C)C1CCCCC1NC(=O)CNC(=O)CN.Cl. The van der Waals surface area contributed by atoms with Crippen molar-refractivity contribution >= 4 is 24.2 Å². The Labute approximate surface area is 127 Å². The molecule has 2 amide bonds. The van der Waals surface area contributed by atoms with Gasteiger partial charge < -0.3 is 16.4 Å². The minimum atomic E-state index is -0.300. The van der Waals surface area contributed by atoms with Crippen molar-refractivity contribution in [2.45, 2.75) is 52.5 Å². The van der Waals surface area contributed by atoms with E-state index in [0.29, 0.717) is 5.92 Å².